The maximum Gasteiger partial charge on any atom is 0.410 e. The summed E-state index contributed by atoms with van der Waals surface area (Å²) in [7, 11) is 3.83. The summed E-state index contributed by atoms with van der Waals surface area (Å²) >= 11 is 0. The molecule has 1 aromatic heterocycles. The minimum Gasteiger partial charge on any atom is -0.458 e. The van der Waals surface area contributed by atoms with Crippen LogP contribution in [0.1, 0.15) is 87.0 Å². The molecule has 328 valence electrons. The number of cyclic esters (lactones) is 1. The molecule has 0 radical (unpaired) electrons. The second kappa shape index (κ2) is 20.1. The number of benzene rings is 1. The van der Waals surface area contributed by atoms with Crippen molar-refractivity contribution >= 4 is 23.5 Å². The maximum atomic E-state index is 14.4. The van der Waals surface area contributed by atoms with Crippen LogP contribution in [0.2, 0.25) is 0 Å². The number of hydrogen-bond acceptors (Lipinski definition) is 13. The fourth-order valence-electron chi connectivity index (χ4n) is 9.42. The lowest BCUT2D eigenvalue weighted by Crippen LogP contribution is -2.60. The first kappa shape index (κ1) is 46.2. The van der Waals surface area contributed by atoms with Crippen LogP contribution in [0.15, 0.2) is 43.1 Å². The number of esters is 1. The number of amides is 1. The third-order valence-electron chi connectivity index (χ3n) is 12.7. The van der Waals surface area contributed by atoms with Crippen LogP contribution in [0.3, 0.4) is 0 Å². The molecule has 59 heavy (non-hydrogen) atoms. The fraction of sp³-hybridized carbons (Fsp3) is 0.705. The predicted molar refractivity (Wildman–Crippen MR) is 225 cm³/mol. The Morgan fingerprint density at radius 1 is 1.12 bits per heavy atom. The Kier molecular flexibility index (Phi) is 15.7. The molecule has 3 aliphatic heterocycles. The summed E-state index contributed by atoms with van der Waals surface area (Å²) in [6.07, 6.45) is 3.21. The van der Waals surface area contributed by atoms with E-state index >= 15 is 0 Å². The monoisotopic (exact) mass is 824 g/mol. The van der Waals surface area contributed by atoms with E-state index in [9.17, 15) is 19.5 Å². The van der Waals surface area contributed by atoms with Crippen molar-refractivity contribution in [3.63, 3.8) is 0 Å². The minimum absolute atomic E-state index is 0.0986. The lowest BCUT2D eigenvalue weighted by Gasteiger charge is -2.44. The zero-order valence-corrected chi connectivity index (χ0v) is 36.6. The number of aryl methyl sites for hydroxylation is 1. The van der Waals surface area contributed by atoms with Crippen molar-refractivity contribution in [2.45, 2.75) is 148 Å². The van der Waals surface area contributed by atoms with E-state index in [2.05, 4.69) is 29.1 Å². The van der Waals surface area contributed by atoms with Crippen LogP contribution in [-0.2, 0) is 35.1 Å². The third-order valence-corrected chi connectivity index (χ3v) is 12.7. The van der Waals surface area contributed by atoms with Gasteiger partial charge in [0.25, 0.3) is 0 Å². The van der Waals surface area contributed by atoms with Crippen LogP contribution in [0.4, 0.5) is 10.5 Å². The number of aromatic nitrogens is 3. The molecule has 15 heteroatoms. The number of rotatable bonds is 12. The number of nitrogens with two attached hydrogens (primary N) is 1. The van der Waals surface area contributed by atoms with E-state index in [1.807, 2.05) is 83.2 Å². The molecule has 0 spiro atoms. The molecule has 0 bridgehead atoms. The van der Waals surface area contributed by atoms with Crippen LogP contribution in [-0.4, -0.2) is 129 Å². The van der Waals surface area contributed by atoms with Crippen LogP contribution >= 0.6 is 0 Å². The van der Waals surface area contributed by atoms with Gasteiger partial charge in [-0.2, -0.15) is 0 Å². The number of ketones is 1. The van der Waals surface area contributed by atoms with Crippen molar-refractivity contribution in [2.75, 3.05) is 32.9 Å². The van der Waals surface area contributed by atoms with Crippen LogP contribution in [0, 0.1) is 23.7 Å². The average Bonchev–Trinajstić information content (AvgIpc) is 3.77. The molecular weight excluding hydrogens is 755 g/mol. The largest absolute Gasteiger partial charge is 0.458 e. The summed E-state index contributed by atoms with van der Waals surface area (Å²) in [5, 5.41) is 23.8. The highest BCUT2D eigenvalue weighted by Gasteiger charge is 2.58. The van der Waals surface area contributed by atoms with E-state index in [0.29, 0.717) is 57.4 Å². The molecule has 3 saturated heterocycles. The lowest BCUT2D eigenvalue weighted by molar-refractivity contribution is -0.278. The Labute approximate surface area is 350 Å². The molecule has 0 saturated carbocycles. The van der Waals surface area contributed by atoms with Crippen molar-refractivity contribution in [3.8, 4) is 11.3 Å². The Hall–Kier alpha value is -3.89. The van der Waals surface area contributed by atoms with Gasteiger partial charge in [-0.3, -0.25) is 19.2 Å². The van der Waals surface area contributed by atoms with E-state index in [1.165, 1.54) is 0 Å². The Morgan fingerprint density at radius 2 is 1.85 bits per heavy atom. The molecule has 4 N–H and O–H groups in total. The standard InChI is InChI=1S/C44H69N7O8/c1-11-16-32-21-26(3)24-46-30(7)40-44(8,59-43(55)51(40)20-14-13-19-50-25-34(47-48-50)31-17-15-18-33(45)23-31)36(12-2)57-41(54)29(6)37(52)28(5)39(32)58-42-38(53)35(49(9)10)22-27(4)56-42/h11,15,17-18,23,25-30,32,35-36,38-40,42,46,53H,1,12-14,16,19-22,24,45H2,2-10H3/t26-,27-,28+,29-,30-,32+,35?,36-,38?,39-,40-,42+,44-/m1/s1. The van der Waals surface area contributed by atoms with Gasteiger partial charge in [0.2, 0.25) is 0 Å². The number of unbranched alkanes of at least 4 members (excludes halogenated alkanes) is 1. The number of anilines is 1. The summed E-state index contributed by atoms with van der Waals surface area (Å²) in [6.45, 7) is 18.8. The van der Waals surface area contributed by atoms with Gasteiger partial charge in [0.05, 0.1) is 24.4 Å². The van der Waals surface area contributed by atoms with Gasteiger partial charge in [-0.05, 0) is 111 Å². The third kappa shape index (κ3) is 10.7. The first-order chi connectivity index (χ1) is 28.0. The molecule has 5 rings (SSSR count). The van der Waals surface area contributed by atoms with Crippen molar-refractivity contribution in [2.24, 2.45) is 23.7 Å². The van der Waals surface area contributed by atoms with Gasteiger partial charge < -0.3 is 40.0 Å². The zero-order chi connectivity index (χ0) is 43.2. The number of allylic oxidation sites excluding steroid dienone is 1. The highest BCUT2D eigenvalue weighted by Crippen LogP contribution is 2.39. The zero-order valence-electron chi connectivity index (χ0n) is 36.6. The smallest absolute Gasteiger partial charge is 0.410 e. The van der Waals surface area contributed by atoms with E-state index in [4.69, 9.17) is 24.7 Å². The number of ether oxygens (including phenoxy) is 4. The molecular formula is C44H69N7O8. The SMILES string of the molecule is C=CC[C@H]1C[C@@H](C)CN[C@H](C)[C@H]2N(CCCCn3cc(-c4cccc(N)c4)nn3)C(=O)O[C@]2(C)[C@@H](CC)OC(=O)[C@H](C)C(=O)[C@H](C)[C@H]1O[C@@H]1O[C@H](C)CC(N(C)C)C1O. The van der Waals surface area contributed by atoms with E-state index in [0.717, 1.165) is 17.7 Å². The molecule has 3 aliphatic rings. The molecule has 1 amide bonds. The van der Waals surface area contributed by atoms with Gasteiger partial charge in [-0.1, -0.05) is 44.2 Å². The molecule has 2 aromatic rings. The summed E-state index contributed by atoms with van der Waals surface area (Å²) in [4.78, 5) is 45.9. The first-order valence-corrected chi connectivity index (χ1v) is 21.5. The quantitative estimate of drug-likeness (QED) is 0.0849. The summed E-state index contributed by atoms with van der Waals surface area (Å²) in [5.41, 5.74) is 7.02. The van der Waals surface area contributed by atoms with Crippen molar-refractivity contribution in [3.05, 3.63) is 43.1 Å². The molecule has 2 unspecified atom stereocenters. The van der Waals surface area contributed by atoms with Gasteiger partial charge in [-0.25, -0.2) is 4.79 Å². The van der Waals surface area contributed by atoms with Crippen molar-refractivity contribution in [1.82, 2.24) is 30.1 Å². The number of carbonyl (C=O) groups excluding carboxylic acids is 3. The lowest BCUT2D eigenvalue weighted by atomic mass is 9.79. The summed E-state index contributed by atoms with van der Waals surface area (Å²) < 4.78 is 27.1. The molecule has 3 fully saturated rings. The number of nitrogens with one attached hydrogen (secondary N) is 1. The number of Topliss-reactive ketones (excluding diaryl/α,β-unsaturated/α-hetero) is 1. The topological polar surface area (TPSA) is 184 Å². The number of aliphatic hydroxyl groups is 1. The number of nitrogen functional groups attached to an aromatic ring is 1. The number of likely N-dealkylation sites (N-methyl/N-ethyl adjacent to an activating group) is 1. The molecule has 13 atom stereocenters. The first-order valence-electron chi connectivity index (χ1n) is 21.5. The highest BCUT2D eigenvalue weighted by molar-refractivity contribution is 6.00. The molecule has 0 aliphatic carbocycles. The van der Waals surface area contributed by atoms with Gasteiger partial charge >= 0.3 is 12.1 Å². The highest BCUT2D eigenvalue weighted by atomic mass is 16.7. The Morgan fingerprint density at radius 3 is 2.53 bits per heavy atom. The minimum atomic E-state index is -1.21. The van der Waals surface area contributed by atoms with Crippen molar-refractivity contribution in [1.29, 1.82) is 0 Å². The van der Waals surface area contributed by atoms with Crippen LogP contribution in [0.5, 0.6) is 0 Å². The summed E-state index contributed by atoms with van der Waals surface area (Å²) in [5.74, 6) is -2.99. The fourth-order valence-corrected chi connectivity index (χ4v) is 9.42. The Balaban J connectivity index is 1.37. The number of fused-ring (bicyclic) bond motifs is 1. The van der Waals surface area contributed by atoms with Gasteiger partial charge in [0.1, 0.15) is 23.8 Å². The normalized spacial score (nSPS) is 35.1. The number of hydrogen-bond donors (Lipinski definition) is 3. The summed E-state index contributed by atoms with van der Waals surface area (Å²) in [6, 6.07) is 6.55. The maximum absolute atomic E-state index is 14.4. The van der Waals surface area contributed by atoms with Crippen LogP contribution in [0.25, 0.3) is 11.3 Å². The molecule has 1 aromatic carbocycles. The average molecular weight is 824 g/mol. The Bertz CT molecular complexity index is 1740. The predicted octanol–water partition coefficient (Wildman–Crippen LogP) is 5.07. The van der Waals surface area contributed by atoms with Gasteiger partial charge in [-0.15, -0.1) is 11.7 Å². The second-order valence-corrected chi connectivity index (χ2v) is 17.6. The molecule has 4 heterocycles. The number of nitrogens with zero attached hydrogens (tertiary/aromatic N) is 5. The van der Waals surface area contributed by atoms with E-state index < -0.39 is 60.1 Å². The molecule has 15 nitrogen and oxygen atoms in total. The van der Waals surface area contributed by atoms with Crippen LogP contribution < -0.4 is 11.1 Å². The van der Waals surface area contributed by atoms with Crippen molar-refractivity contribution < 1.29 is 38.4 Å². The van der Waals surface area contributed by atoms with E-state index in [1.54, 1.807) is 23.4 Å². The second-order valence-electron chi connectivity index (χ2n) is 17.6. The van der Waals surface area contributed by atoms with Gasteiger partial charge in [0.15, 0.2) is 17.7 Å². The van der Waals surface area contributed by atoms with Gasteiger partial charge in [0, 0.05) is 42.3 Å². The number of carbonyl (C=O) groups is 3. The number of aliphatic hydroxyl groups excluding tert-OH is 1. The van der Waals surface area contributed by atoms with E-state index in [-0.39, 0.29) is 35.8 Å².